The zero-order valence-electron chi connectivity index (χ0n) is 14.7. The van der Waals surface area contributed by atoms with Gasteiger partial charge in [0.25, 0.3) is 0 Å². The first-order valence-corrected chi connectivity index (χ1v) is 9.01. The van der Waals surface area contributed by atoms with Crippen LogP contribution >= 0.6 is 11.6 Å². The number of nitrogens with zero attached hydrogens (tertiary/aromatic N) is 3. The lowest BCUT2D eigenvalue weighted by molar-refractivity contribution is -0.117. The van der Waals surface area contributed by atoms with E-state index in [2.05, 4.69) is 10.1 Å². The highest BCUT2D eigenvalue weighted by Gasteiger charge is 2.34. The van der Waals surface area contributed by atoms with Gasteiger partial charge in [-0.15, -0.1) is 0 Å². The van der Waals surface area contributed by atoms with E-state index in [0.717, 1.165) is 11.1 Å². The Bertz CT molecular complexity index is 1000. The largest absolute Gasteiger partial charge is 0.339 e. The molecule has 4 rings (SSSR count). The number of aryl methyl sites for hydroxylation is 1. The first kappa shape index (κ1) is 17.7. The van der Waals surface area contributed by atoms with E-state index in [1.54, 1.807) is 11.0 Å². The third kappa shape index (κ3) is 3.57. The minimum atomic E-state index is -0.511. The van der Waals surface area contributed by atoms with Crippen molar-refractivity contribution in [3.63, 3.8) is 0 Å². The molecule has 2 aromatic carbocycles. The quantitative estimate of drug-likeness (QED) is 0.672. The molecule has 0 saturated carbocycles. The number of carbonyl (C=O) groups excluding carboxylic acids is 1. The van der Waals surface area contributed by atoms with E-state index in [1.807, 2.05) is 31.2 Å². The third-order valence-electron chi connectivity index (χ3n) is 4.79. The van der Waals surface area contributed by atoms with Crippen LogP contribution in [0.1, 0.15) is 35.2 Å². The highest BCUT2D eigenvalue weighted by molar-refractivity contribution is 6.31. The lowest BCUT2D eigenvalue weighted by Gasteiger charge is -2.16. The van der Waals surface area contributed by atoms with E-state index in [9.17, 15) is 9.18 Å². The predicted molar refractivity (Wildman–Crippen MR) is 99.4 cm³/mol. The molecule has 7 heteroatoms. The number of carbonyl (C=O) groups is 1. The zero-order chi connectivity index (χ0) is 19.0. The molecular formula is C20H17ClFN3O2. The summed E-state index contributed by atoms with van der Waals surface area (Å²) < 4.78 is 18.8. The van der Waals surface area contributed by atoms with Crippen molar-refractivity contribution in [2.24, 2.45) is 0 Å². The summed E-state index contributed by atoms with van der Waals surface area (Å²) in [5, 5.41) is 4.06. The van der Waals surface area contributed by atoms with Crippen LogP contribution in [0, 0.1) is 12.7 Å². The number of halogens is 2. The number of amides is 1. The lowest BCUT2D eigenvalue weighted by Crippen LogP contribution is -2.24. The second-order valence-corrected chi connectivity index (χ2v) is 7.06. The molecule has 27 heavy (non-hydrogen) atoms. The van der Waals surface area contributed by atoms with Crippen molar-refractivity contribution in [3.8, 4) is 0 Å². The summed E-state index contributed by atoms with van der Waals surface area (Å²) in [6, 6.07) is 12.3. The van der Waals surface area contributed by atoms with E-state index in [-0.39, 0.29) is 23.3 Å². The molecule has 1 aliphatic rings. The third-order valence-corrected chi connectivity index (χ3v) is 5.08. The molecule has 1 amide bonds. The second kappa shape index (κ2) is 7.12. The number of hydrogen-bond acceptors (Lipinski definition) is 4. The molecule has 0 bridgehead atoms. The van der Waals surface area contributed by atoms with Crippen molar-refractivity contribution in [2.75, 3.05) is 11.4 Å². The Balaban J connectivity index is 1.50. The van der Waals surface area contributed by atoms with Crippen molar-refractivity contribution >= 4 is 23.2 Å². The molecule has 5 nitrogen and oxygen atoms in total. The molecule has 1 aromatic heterocycles. The van der Waals surface area contributed by atoms with Crippen LogP contribution in [0.4, 0.5) is 10.1 Å². The molecule has 3 aromatic rings. The van der Waals surface area contributed by atoms with Crippen LogP contribution in [0.5, 0.6) is 0 Å². The Morgan fingerprint density at radius 1 is 1.30 bits per heavy atom. The van der Waals surface area contributed by atoms with Crippen molar-refractivity contribution < 1.29 is 13.7 Å². The average Bonchev–Trinajstić information content (AvgIpc) is 3.26. The van der Waals surface area contributed by atoms with Crippen LogP contribution < -0.4 is 4.90 Å². The van der Waals surface area contributed by atoms with Gasteiger partial charge in [-0.2, -0.15) is 4.98 Å². The normalized spacial score (nSPS) is 16.9. The minimum Gasteiger partial charge on any atom is -0.339 e. The summed E-state index contributed by atoms with van der Waals surface area (Å²) in [5.41, 5.74) is 2.85. The van der Waals surface area contributed by atoms with Gasteiger partial charge in [0.15, 0.2) is 5.82 Å². The summed E-state index contributed by atoms with van der Waals surface area (Å²) >= 11 is 5.83. The molecular weight excluding hydrogens is 369 g/mol. The summed E-state index contributed by atoms with van der Waals surface area (Å²) in [6.07, 6.45) is 0.829. The smallest absolute Gasteiger partial charge is 0.231 e. The van der Waals surface area contributed by atoms with E-state index in [0.29, 0.717) is 30.4 Å². The molecule has 138 valence electrons. The minimum absolute atomic E-state index is 0.0103. The lowest BCUT2D eigenvalue weighted by atomic mass is 10.1. The molecule has 1 saturated heterocycles. The summed E-state index contributed by atoms with van der Waals surface area (Å²) in [5.74, 6) is 0.281. The Morgan fingerprint density at radius 2 is 2.11 bits per heavy atom. The van der Waals surface area contributed by atoms with Gasteiger partial charge >= 0.3 is 0 Å². The van der Waals surface area contributed by atoms with Crippen LogP contribution in [0.2, 0.25) is 5.02 Å². The molecule has 0 spiro atoms. The van der Waals surface area contributed by atoms with E-state index in [1.165, 1.54) is 12.1 Å². The van der Waals surface area contributed by atoms with Gasteiger partial charge in [-0.25, -0.2) is 4.39 Å². The van der Waals surface area contributed by atoms with E-state index < -0.39 is 5.82 Å². The van der Waals surface area contributed by atoms with Crippen molar-refractivity contribution in [1.29, 1.82) is 0 Å². The molecule has 0 aliphatic carbocycles. The van der Waals surface area contributed by atoms with Crippen LogP contribution in [0.3, 0.4) is 0 Å². The topological polar surface area (TPSA) is 59.2 Å². The Kier molecular flexibility index (Phi) is 4.66. The fourth-order valence-corrected chi connectivity index (χ4v) is 3.43. The highest BCUT2D eigenvalue weighted by atomic mass is 35.5. The second-order valence-electron chi connectivity index (χ2n) is 6.65. The molecule has 0 N–H and O–H groups in total. The van der Waals surface area contributed by atoms with Crippen molar-refractivity contribution in [3.05, 3.63) is 76.1 Å². The zero-order valence-corrected chi connectivity index (χ0v) is 15.4. The van der Waals surface area contributed by atoms with Gasteiger partial charge in [0.1, 0.15) is 5.82 Å². The Hall–Kier alpha value is -2.73. The van der Waals surface area contributed by atoms with Gasteiger partial charge in [0, 0.05) is 24.6 Å². The molecule has 0 radical (unpaired) electrons. The van der Waals surface area contributed by atoms with Gasteiger partial charge in [-0.05, 0) is 36.2 Å². The first-order chi connectivity index (χ1) is 13.0. The fourth-order valence-electron chi connectivity index (χ4n) is 3.26. The monoisotopic (exact) mass is 385 g/mol. The molecule has 1 atom stereocenters. The maximum absolute atomic E-state index is 13.4. The standard InChI is InChI=1S/C20H17ClFN3O2/c1-12-4-2-3-5-13(12)8-18-23-20(24-27-18)14-9-19(26)25(11-14)15-6-7-17(22)16(21)10-15/h2-7,10,14H,8-9,11H2,1H3/t14-/m0/s1. The van der Waals surface area contributed by atoms with Crippen LogP contribution in [-0.4, -0.2) is 22.6 Å². The maximum Gasteiger partial charge on any atom is 0.231 e. The van der Waals surface area contributed by atoms with Gasteiger partial charge in [-0.1, -0.05) is 41.0 Å². The summed E-state index contributed by atoms with van der Waals surface area (Å²) in [6.45, 7) is 2.44. The number of benzene rings is 2. The molecule has 2 heterocycles. The van der Waals surface area contributed by atoms with Crippen molar-refractivity contribution in [1.82, 2.24) is 10.1 Å². The molecule has 1 fully saturated rings. The first-order valence-electron chi connectivity index (χ1n) is 8.63. The fraction of sp³-hybridized carbons (Fsp3) is 0.250. The van der Waals surface area contributed by atoms with Crippen LogP contribution in [-0.2, 0) is 11.2 Å². The highest BCUT2D eigenvalue weighted by Crippen LogP contribution is 2.32. The number of rotatable bonds is 4. The van der Waals surface area contributed by atoms with Crippen molar-refractivity contribution in [2.45, 2.75) is 25.7 Å². The number of anilines is 1. The number of aromatic nitrogens is 2. The Morgan fingerprint density at radius 3 is 2.89 bits per heavy atom. The SMILES string of the molecule is Cc1ccccc1Cc1nc([C@H]2CC(=O)N(c3ccc(F)c(Cl)c3)C2)no1. The average molecular weight is 386 g/mol. The van der Waals surface area contributed by atoms with Crippen LogP contribution in [0.15, 0.2) is 47.0 Å². The van der Waals surface area contributed by atoms with Gasteiger partial charge in [0.05, 0.1) is 11.4 Å². The molecule has 1 aliphatic heterocycles. The Labute approximate surface area is 160 Å². The molecule has 0 unspecified atom stereocenters. The van der Waals surface area contributed by atoms with Gasteiger partial charge in [-0.3, -0.25) is 4.79 Å². The van der Waals surface area contributed by atoms with E-state index in [4.69, 9.17) is 16.1 Å². The summed E-state index contributed by atoms with van der Waals surface area (Å²) in [7, 11) is 0. The van der Waals surface area contributed by atoms with Crippen LogP contribution in [0.25, 0.3) is 0 Å². The summed E-state index contributed by atoms with van der Waals surface area (Å²) in [4.78, 5) is 18.5. The van der Waals surface area contributed by atoms with E-state index >= 15 is 0 Å². The number of hydrogen-bond donors (Lipinski definition) is 0. The van der Waals surface area contributed by atoms with Gasteiger partial charge in [0.2, 0.25) is 11.8 Å². The maximum atomic E-state index is 13.4. The predicted octanol–water partition coefficient (Wildman–Crippen LogP) is 4.28. The van der Waals surface area contributed by atoms with Gasteiger partial charge < -0.3 is 9.42 Å².